The first-order valence-electron chi connectivity index (χ1n) is 10.00. The molecule has 10 N–H and O–H groups in total. The van der Waals surface area contributed by atoms with Crippen LogP contribution in [0.15, 0.2) is 0 Å². The standard InChI is InChI=1S/C17H30O15/c18-1-5-8(22)9(23)11(25)17(30-5)31-13-6(2-19)29-15(27)12(26)14(13)32-16-10(24)7(21)4(20)3-28-16/h4-27H,1-3H2/t4-,5+,6+,7-,8-,9-,10+,11+,12+,13+,14+,15+,16-,17-/m0/s1. The Hall–Kier alpha value is -0.600. The minimum atomic E-state index is -1.87. The summed E-state index contributed by atoms with van der Waals surface area (Å²) in [5.74, 6) is 0. The van der Waals surface area contributed by atoms with Crippen LogP contribution in [0, 0.1) is 0 Å². The van der Waals surface area contributed by atoms with Crippen LogP contribution in [0.25, 0.3) is 0 Å². The molecule has 0 amide bonds. The van der Waals surface area contributed by atoms with Gasteiger partial charge in [0.25, 0.3) is 0 Å². The van der Waals surface area contributed by atoms with Crippen molar-refractivity contribution in [2.75, 3.05) is 19.8 Å². The van der Waals surface area contributed by atoms with Crippen molar-refractivity contribution in [3.8, 4) is 0 Å². The Morgan fingerprint density at radius 1 is 0.594 bits per heavy atom. The normalized spacial score (nSPS) is 52.7. The fraction of sp³-hybridized carbons (Fsp3) is 1.00. The van der Waals surface area contributed by atoms with Crippen LogP contribution >= 0.6 is 0 Å². The van der Waals surface area contributed by atoms with Crippen molar-refractivity contribution in [1.29, 1.82) is 0 Å². The van der Waals surface area contributed by atoms with E-state index >= 15 is 0 Å². The fourth-order valence-corrected chi connectivity index (χ4v) is 3.76. The Bertz CT molecular complexity index is 594. The SMILES string of the molecule is OC[C@H]1O[C@@H](O[C@H]2[C@H](O[C@@H]3OC[C@H](O)[C@H](O)[C@H]3O)[C@@H](O)[C@H](O)O[C@@H]2CO)[C@H](O)[C@@H](O)[C@H]1O. The molecule has 188 valence electrons. The Morgan fingerprint density at radius 2 is 1.19 bits per heavy atom. The molecule has 3 rings (SSSR count). The van der Waals surface area contributed by atoms with Crippen LogP contribution in [-0.2, 0) is 23.7 Å². The first kappa shape index (κ1) is 26.0. The van der Waals surface area contributed by atoms with Gasteiger partial charge >= 0.3 is 0 Å². The van der Waals surface area contributed by atoms with E-state index in [9.17, 15) is 51.1 Å². The Morgan fingerprint density at radius 3 is 1.81 bits per heavy atom. The largest absolute Gasteiger partial charge is 0.394 e. The summed E-state index contributed by atoms with van der Waals surface area (Å²) in [6, 6.07) is 0. The van der Waals surface area contributed by atoms with Crippen molar-refractivity contribution in [1.82, 2.24) is 0 Å². The van der Waals surface area contributed by atoms with E-state index in [2.05, 4.69) is 0 Å². The molecular weight excluding hydrogens is 444 g/mol. The average molecular weight is 474 g/mol. The van der Waals surface area contributed by atoms with Gasteiger partial charge in [0, 0.05) is 0 Å². The number of aliphatic hydroxyl groups excluding tert-OH is 10. The fourth-order valence-electron chi connectivity index (χ4n) is 3.76. The Labute approximate surface area is 181 Å². The van der Waals surface area contributed by atoms with Gasteiger partial charge in [-0.05, 0) is 0 Å². The second kappa shape index (κ2) is 10.8. The lowest BCUT2D eigenvalue weighted by Gasteiger charge is -2.47. The van der Waals surface area contributed by atoms with Gasteiger partial charge in [-0.2, -0.15) is 0 Å². The Kier molecular flexibility index (Phi) is 8.75. The summed E-state index contributed by atoms with van der Waals surface area (Å²) < 4.78 is 26.5. The maximum atomic E-state index is 10.4. The first-order valence-corrected chi connectivity index (χ1v) is 10.00. The molecule has 0 saturated carbocycles. The highest BCUT2D eigenvalue weighted by Crippen LogP contribution is 2.31. The van der Waals surface area contributed by atoms with Gasteiger partial charge in [0.1, 0.15) is 67.1 Å². The van der Waals surface area contributed by atoms with E-state index in [1.54, 1.807) is 0 Å². The molecule has 0 aromatic rings. The average Bonchev–Trinajstić information content (AvgIpc) is 2.78. The number of rotatable bonds is 6. The molecule has 3 heterocycles. The highest BCUT2D eigenvalue weighted by Gasteiger charge is 2.52. The molecule has 3 aliphatic rings. The third-order valence-electron chi connectivity index (χ3n) is 5.70. The molecule has 3 saturated heterocycles. The van der Waals surface area contributed by atoms with Crippen molar-refractivity contribution in [2.24, 2.45) is 0 Å². The molecule has 15 heteroatoms. The molecule has 0 aromatic heterocycles. The maximum Gasteiger partial charge on any atom is 0.187 e. The van der Waals surface area contributed by atoms with Crippen LogP contribution in [0.1, 0.15) is 0 Å². The molecular formula is C17H30O15. The van der Waals surface area contributed by atoms with E-state index in [-0.39, 0.29) is 0 Å². The summed E-state index contributed by atoms with van der Waals surface area (Å²) in [6.07, 6.45) is -22.9. The van der Waals surface area contributed by atoms with Crippen molar-refractivity contribution < 1.29 is 74.7 Å². The highest BCUT2D eigenvalue weighted by atomic mass is 16.8. The predicted molar refractivity (Wildman–Crippen MR) is 95.2 cm³/mol. The van der Waals surface area contributed by atoms with E-state index in [0.29, 0.717) is 0 Å². The molecule has 32 heavy (non-hydrogen) atoms. The van der Waals surface area contributed by atoms with E-state index in [1.807, 2.05) is 0 Å². The third-order valence-corrected chi connectivity index (χ3v) is 5.70. The van der Waals surface area contributed by atoms with Crippen LogP contribution < -0.4 is 0 Å². The van der Waals surface area contributed by atoms with Crippen molar-refractivity contribution in [3.63, 3.8) is 0 Å². The number of hydrogen-bond acceptors (Lipinski definition) is 15. The van der Waals surface area contributed by atoms with Crippen LogP contribution in [0.3, 0.4) is 0 Å². The molecule has 0 bridgehead atoms. The topological polar surface area (TPSA) is 248 Å². The van der Waals surface area contributed by atoms with Gasteiger partial charge < -0.3 is 74.7 Å². The maximum absolute atomic E-state index is 10.4. The summed E-state index contributed by atoms with van der Waals surface area (Å²) in [6.45, 7) is -1.94. The highest BCUT2D eigenvalue weighted by molar-refractivity contribution is 4.95. The number of hydrogen-bond donors (Lipinski definition) is 10. The van der Waals surface area contributed by atoms with E-state index in [1.165, 1.54) is 0 Å². The predicted octanol–water partition coefficient (Wildman–Crippen LogP) is -6.93. The van der Waals surface area contributed by atoms with Crippen LogP contribution in [-0.4, -0.2) is 157 Å². The van der Waals surface area contributed by atoms with Gasteiger partial charge in [0.15, 0.2) is 18.9 Å². The monoisotopic (exact) mass is 474 g/mol. The van der Waals surface area contributed by atoms with Crippen LogP contribution in [0.4, 0.5) is 0 Å². The molecule has 0 radical (unpaired) electrons. The van der Waals surface area contributed by atoms with Gasteiger partial charge in [-0.1, -0.05) is 0 Å². The lowest BCUT2D eigenvalue weighted by atomic mass is 9.96. The molecule has 0 aliphatic carbocycles. The summed E-state index contributed by atoms with van der Waals surface area (Å²) in [4.78, 5) is 0. The lowest BCUT2D eigenvalue weighted by Crippen LogP contribution is -2.66. The summed E-state index contributed by atoms with van der Waals surface area (Å²) in [5, 5.41) is 99.0. The van der Waals surface area contributed by atoms with Crippen molar-refractivity contribution in [3.05, 3.63) is 0 Å². The number of aliphatic hydroxyl groups is 10. The van der Waals surface area contributed by atoms with Gasteiger partial charge in [-0.25, -0.2) is 0 Å². The summed E-state index contributed by atoms with van der Waals surface area (Å²) in [7, 11) is 0. The molecule has 0 unspecified atom stereocenters. The second-order valence-corrected chi connectivity index (χ2v) is 7.89. The zero-order valence-corrected chi connectivity index (χ0v) is 16.7. The number of ether oxygens (including phenoxy) is 5. The van der Waals surface area contributed by atoms with Crippen LogP contribution in [0.5, 0.6) is 0 Å². The quantitative estimate of drug-likeness (QED) is 0.172. The minimum absolute atomic E-state index is 0.424. The van der Waals surface area contributed by atoms with Crippen molar-refractivity contribution in [2.45, 2.75) is 86.0 Å². The van der Waals surface area contributed by atoms with Crippen molar-refractivity contribution >= 4 is 0 Å². The molecule has 0 aromatic carbocycles. The molecule has 0 spiro atoms. The molecule has 14 atom stereocenters. The van der Waals surface area contributed by atoms with Gasteiger partial charge in [0.2, 0.25) is 0 Å². The second-order valence-electron chi connectivity index (χ2n) is 7.89. The van der Waals surface area contributed by atoms with E-state index in [0.717, 1.165) is 0 Å². The minimum Gasteiger partial charge on any atom is -0.394 e. The summed E-state index contributed by atoms with van der Waals surface area (Å²) in [5.41, 5.74) is 0. The molecule has 3 aliphatic heterocycles. The molecule has 15 nitrogen and oxygen atoms in total. The van der Waals surface area contributed by atoms with E-state index in [4.69, 9.17) is 23.7 Å². The lowest BCUT2D eigenvalue weighted by molar-refractivity contribution is -0.378. The smallest absolute Gasteiger partial charge is 0.187 e. The van der Waals surface area contributed by atoms with Gasteiger partial charge in [-0.15, -0.1) is 0 Å². The van der Waals surface area contributed by atoms with E-state index < -0.39 is 106 Å². The molecule has 3 fully saturated rings. The zero-order chi connectivity index (χ0) is 23.7. The third kappa shape index (κ3) is 5.07. The Balaban J connectivity index is 1.81. The first-order chi connectivity index (χ1) is 15.1. The summed E-state index contributed by atoms with van der Waals surface area (Å²) >= 11 is 0. The van der Waals surface area contributed by atoms with Gasteiger partial charge in [-0.3, -0.25) is 0 Å². The zero-order valence-electron chi connectivity index (χ0n) is 16.7. The van der Waals surface area contributed by atoms with Gasteiger partial charge in [0.05, 0.1) is 19.8 Å². The van der Waals surface area contributed by atoms with Crippen LogP contribution in [0.2, 0.25) is 0 Å².